The predicted molar refractivity (Wildman–Crippen MR) is 128 cm³/mol. The fraction of sp³-hybridized carbons (Fsp3) is 0.185. The molecule has 196 valence electrons. The highest BCUT2D eigenvalue weighted by Crippen LogP contribution is 2.44. The van der Waals surface area contributed by atoms with Gasteiger partial charge in [0.1, 0.15) is 23.1 Å². The molecule has 0 bridgehead atoms. The molecule has 0 fully saturated rings. The minimum Gasteiger partial charge on any atom is -0.493 e. The summed E-state index contributed by atoms with van der Waals surface area (Å²) in [5, 5.41) is 0. The molecule has 0 saturated heterocycles. The van der Waals surface area contributed by atoms with Crippen LogP contribution in [0.15, 0.2) is 78.0 Å². The van der Waals surface area contributed by atoms with Crippen LogP contribution in [0.1, 0.15) is 34.9 Å². The molecular weight excluding hydrogens is 527 g/mol. The second-order valence-corrected chi connectivity index (χ2v) is 10.8. The molecule has 1 atom stereocenters. The van der Waals surface area contributed by atoms with Crippen molar-refractivity contribution in [3.05, 3.63) is 107 Å². The molecule has 0 spiro atoms. The summed E-state index contributed by atoms with van der Waals surface area (Å²) in [5.41, 5.74) is 1.06. The van der Waals surface area contributed by atoms with Crippen LogP contribution in [-0.4, -0.2) is 25.0 Å². The normalized spacial score (nSPS) is 15.6. The smallest absolute Gasteiger partial charge is 0.416 e. The van der Waals surface area contributed by atoms with Crippen LogP contribution in [0.3, 0.4) is 0 Å². The Labute approximate surface area is 214 Å². The number of hydrogen-bond donors (Lipinski definition) is 0. The molecule has 0 saturated carbocycles. The standard InChI is InChI=1S/C27H19F5N2O3S/c28-18-4-1-16(2-5-18)24-11-17(27(30,31)32)3-7-21(24)22-9-10-37-25-12-20(6-8-23(22)25)38(35,36)15-26-33-13-19(29)14-34-26/h1-8,11-14,22H,9-10,15H2/t22-/m0/s1. The number of ether oxygens (including phenoxy) is 1. The van der Waals surface area contributed by atoms with Crippen molar-refractivity contribution in [1.82, 2.24) is 9.97 Å². The van der Waals surface area contributed by atoms with Gasteiger partial charge in [0.2, 0.25) is 0 Å². The first kappa shape index (κ1) is 25.8. The number of fused-ring (bicyclic) bond motifs is 1. The summed E-state index contributed by atoms with van der Waals surface area (Å²) in [4.78, 5) is 7.33. The average molecular weight is 547 g/mol. The molecule has 1 aromatic heterocycles. The second-order valence-electron chi connectivity index (χ2n) is 8.77. The van der Waals surface area contributed by atoms with E-state index in [9.17, 15) is 30.4 Å². The first-order chi connectivity index (χ1) is 18.0. The third-order valence-corrected chi connectivity index (χ3v) is 7.90. The number of sulfone groups is 1. The van der Waals surface area contributed by atoms with Crippen molar-refractivity contribution in [3.63, 3.8) is 0 Å². The largest absolute Gasteiger partial charge is 0.493 e. The maximum atomic E-state index is 13.5. The molecule has 1 aliphatic heterocycles. The van der Waals surface area contributed by atoms with E-state index in [0.717, 1.165) is 24.5 Å². The Morgan fingerprint density at radius 1 is 0.868 bits per heavy atom. The van der Waals surface area contributed by atoms with Gasteiger partial charge in [0.15, 0.2) is 15.7 Å². The van der Waals surface area contributed by atoms with Crippen molar-refractivity contribution >= 4 is 9.84 Å². The Balaban J connectivity index is 1.54. The van der Waals surface area contributed by atoms with Crippen molar-refractivity contribution in [2.75, 3.05) is 6.61 Å². The van der Waals surface area contributed by atoms with E-state index in [4.69, 9.17) is 4.74 Å². The minimum absolute atomic E-state index is 0.0593. The van der Waals surface area contributed by atoms with Crippen LogP contribution in [0.25, 0.3) is 11.1 Å². The number of alkyl halides is 3. The van der Waals surface area contributed by atoms with Gasteiger partial charge in [-0.25, -0.2) is 27.2 Å². The first-order valence-electron chi connectivity index (χ1n) is 11.4. The SMILES string of the molecule is O=S(=O)(Cc1ncc(F)cn1)c1ccc2c(c1)OCC[C@H]2c1ccc(C(F)(F)F)cc1-c1ccc(F)cc1. The van der Waals surface area contributed by atoms with E-state index >= 15 is 0 Å². The molecule has 2 heterocycles. The van der Waals surface area contributed by atoms with Gasteiger partial charge in [-0.15, -0.1) is 0 Å². The number of hydrogen-bond acceptors (Lipinski definition) is 5. The topological polar surface area (TPSA) is 69.2 Å². The zero-order valence-corrected chi connectivity index (χ0v) is 20.4. The second kappa shape index (κ2) is 9.79. The lowest BCUT2D eigenvalue weighted by Gasteiger charge is -2.29. The Hall–Kier alpha value is -3.86. The highest BCUT2D eigenvalue weighted by Gasteiger charge is 2.33. The molecule has 5 rings (SSSR count). The third kappa shape index (κ3) is 5.24. The molecule has 5 nitrogen and oxygen atoms in total. The minimum atomic E-state index is -4.57. The third-order valence-electron chi connectivity index (χ3n) is 6.29. The van der Waals surface area contributed by atoms with Crippen LogP contribution < -0.4 is 4.74 Å². The fourth-order valence-electron chi connectivity index (χ4n) is 4.47. The number of benzene rings is 3. The van der Waals surface area contributed by atoms with Gasteiger partial charge in [0, 0.05) is 11.5 Å². The Kier molecular flexibility index (Phi) is 6.64. The van der Waals surface area contributed by atoms with Crippen molar-refractivity contribution in [2.24, 2.45) is 0 Å². The molecule has 0 N–H and O–H groups in total. The predicted octanol–water partition coefficient (Wildman–Crippen LogP) is 6.33. The molecule has 0 aliphatic carbocycles. The molecule has 0 amide bonds. The van der Waals surface area contributed by atoms with Crippen LogP contribution in [0.2, 0.25) is 0 Å². The highest BCUT2D eigenvalue weighted by atomic mass is 32.2. The highest BCUT2D eigenvalue weighted by molar-refractivity contribution is 7.90. The van der Waals surface area contributed by atoms with E-state index in [2.05, 4.69) is 9.97 Å². The van der Waals surface area contributed by atoms with Gasteiger partial charge in [-0.05, 0) is 59.5 Å². The van der Waals surface area contributed by atoms with Crippen LogP contribution >= 0.6 is 0 Å². The number of rotatable bonds is 5. The van der Waals surface area contributed by atoms with Crippen LogP contribution in [0.4, 0.5) is 22.0 Å². The summed E-state index contributed by atoms with van der Waals surface area (Å²) >= 11 is 0. The summed E-state index contributed by atoms with van der Waals surface area (Å²) in [6, 6.07) is 13.0. The number of nitrogens with zero attached hydrogens (tertiary/aromatic N) is 2. The van der Waals surface area contributed by atoms with E-state index in [1.807, 2.05) is 0 Å². The van der Waals surface area contributed by atoms with E-state index < -0.39 is 44.9 Å². The van der Waals surface area contributed by atoms with Gasteiger partial charge in [-0.2, -0.15) is 13.2 Å². The first-order valence-corrected chi connectivity index (χ1v) is 13.1. The van der Waals surface area contributed by atoms with E-state index in [0.29, 0.717) is 28.7 Å². The molecule has 3 aromatic carbocycles. The zero-order valence-electron chi connectivity index (χ0n) is 19.5. The summed E-state index contributed by atoms with van der Waals surface area (Å²) in [7, 11) is -3.91. The summed E-state index contributed by atoms with van der Waals surface area (Å²) in [6.07, 6.45) is -2.39. The van der Waals surface area contributed by atoms with Gasteiger partial charge >= 0.3 is 6.18 Å². The van der Waals surface area contributed by atoms with Gasteiger partial charge in [-0.1, -0.05) is 24.3 Å². The summed E-state index contributed by atoms with van der Waals surface area (Å²) in [5.74, 6) is -1.95. The summed E-state index contributed by atoms with van der Waals surface area (Å²) in [6.45, 7) is 0.201. The quantitative estimate of drug-likeness (QED) is 0.274. The maximum absolute atomic E-state index is 13.5. The lowest BCUT2D eigenvalue weighted by Crippen LogP contribution is -2.17. The summed E-state index contributed by atoms with van der Waals surface area (Å²) < 4.78 is 98.9. The number of halogens is 5. The average Bonchev–Trinajstić information content (AvgIpc) is 2.89. The molecule has 4 aromatic rings. The Morgan fingerprint density at radius 2 is 1.55 bits per heavy atom. The molecule has 1 aliphatic rings. The van der Waals surface area contributed by atoms with Crippen molar-refractivity contribution in [3.8, 4) is 16.9 Å². The van der Waals surface area contributed by atoms with Crippen molar-refractivity contribution in [2.45, 2.75) is 29.2 Å². The van der Waals surface area contributed by atoms with Crippen LogP contribution in [0.5, 0.6) is 5.75 Å². The van der Waals surface area contributed by atoms with Gasteiger partial charge in [-0.3, -0.25) is 0 Å². The Bertz CT molecular complexity index is 1590. The van der Waals surface area contributed by atoms with Crippen LogP contribution in [0, 0.1) is 11.6 Å². The molecule has 0 unspecified atom stereocenters. The molecule has 38 heavy (non-hydrogen) atoms. The fourth-order valence-corrected chi connectivity index (χ4v) is 5.69. The van der Waals surface area contributed by atoms with Crippen molar-refractivity contribution in [1.29, 1.82) is 0 Å². The Morgan fingerprint density at radius 3 is 2.24 bits per heavy atom. The lowest BCUT2D eigenvalue weighted by molar-refractivity contribution is -0.137. The maximum Gasteiger partial charge on any atom is 0.416 e. The molecule has 0 radical (unpaired) electrons. The van der Waals surface area contributed by atoms with Gasteiger partial charge < -0.3 is 4.74 Å². The molecule has 11 heteroatoms. The van der Waals surface area contributed by atoms with Crippen LogP contribution in [-0.2, 0) is 21.8 Å². The monoisotopic (exact) mass is 546 g/mol. The number of aromatic nitrogens is 2. The van der Waals surface area contributed by atoms with E-state index in [1.165, 1.54) is 42.5 Å². The van der Waals surface area contributed by atoms with E-state index in [1.54, 1.807) is 6.07 Å². The molecular formula is C27H19F5N2O3S. The lowest BCUT2D eigenvalue weighted by atomic mass is 9.82. The van der Waals surface area contributed by atoms with E-state index in [-0.39, 0.29) is 23.1 Å². The van der Waals surface area contributed by atoms with Gasteiger partial charge in [0.05, 0.1) is 29.5 Å². The van der Waals surface area contributed by atoms with Gasteiger partial charge in [0.25, 0.3) is 0 Å². The van der Waals surface area contributed by atoms with Crippen molar-refractivity contribution < 1.29 is 35.1 Å². The zero-order chi connectivity index (χ0) is 27.1.